The Bertz CT molecular complexity index is 782. The number of hydrogen-bond donors (Lipinski definition) is 0. The van der Waals surface area contributed by atoms with Crippen molar-refractivity contribution in [2.45, 2.75) is 90.9 Å². The maximum atomic E-state index is 12.5. The summed E-state index contributed by atoms with van der Waals surface area (Å²) in [6.07, 6.45) is 12.7. The molecule has 1 aliphatic rings. The number of esters is 1. The Kier molecular flexibility index (Phi) is 9.18. The van der Waals surface area contributed by atoms with E-state index >= 15 is 0 Å². The zero-order chi connectivity index (χ0) is 22.1. The molecule has 1 saturated carbocycles. The van der Waals surface area contributed by atoms with E-state index < -0.39 is 0 Å². The van der Waals surface area contributed by atoms with Crippen LogP contribution < -0.4 is 4.74 Å². The van der Waals surface area contributed by atoms with E-state index in [9.17, 15) is 4.79 Å². The zero-order valence-corrected chi connectivity index (χ0v) is 19.7. The molecule has 0 heterocycles. The van der Waals surface area contributed by atoms with Crippen LogP contribution in [0.3, 0.4) is 0 Å². The molecule has 1 atom stereocenters. The van der Waals surface area contributed by atoms with E-state index in [-0.39, 0.29) is 5.97 Å². The van der Waals surface area contributed by atoms with Gasteiger partial charge in [0.25, 0.3) is 0 Å². The first-order valence-corrected chi connectivity index (χ1v) is 12.5. The number of carbonyl (C=O) groups is 1. The molecule has 2 aromatic rings. The minimum absolute atomic E-state index is 0.279. The highest BCUT2D eigenvalue weighted by molar-refractivity contribution is 5.91. The lowest BCUT2D eigenvalue weighted by Crippen LogP contribution is -2.15. The predicted molar refractivity (Wildman–Crippen MR) is 130 cm³/mol. The van der Waals surface area contributed by atoms with Gasteiger partial charge in [0.1, 0.15) is 5.75 Å². The highest BCUT2D eigenvalue weighted by atomic mass is 16.5. The van der Waals surface area contributed by atoms with Crippen molar-refractivity contribution >= 4 is 5.97 Å². The highest BCUT2D eigenvalue weighted by Gasteiger charge is 2.23. The average Bonchev–Trinajstić information content (AvgIpc) is 2.80. The minimum atomic E-state index is -0.279. The van der Waals surface area contributed by atoms with Crippen LogP contribution in [0.2, 0.25) is 0 Å². The van der Waals surface area contributed by atoms with Gasteiger partial charge in [-0.1, -0.05) is 64.3 Å². The van der Waals surface area contributed by atoms with E-state index in [1.807, 2.05) is 36.4 Å². The van der Waals surface area contributed by atoms with Gasteiger partial charge >= 0.3 is 5.97 Å². The molecule has 0 aliphatic heterocycles. The molecule has 0 saturated heterocycles. The van der Waals surface area contributed by atoms with Gasteiger partial charge in [-0.2, -0.15) is 0 Å². The quantitative estimate of drug-likeness (QED) is 0.219. The molecule has 31 heavy (non-hydrogen) atoms. The van der Waals surface area contributed by atoms with Gasteiger partial charge in [-0.05, 0) is 98.1 Å². The smallest absolute Gasteiger partial charge is 0.343 e. The van der Waals surface area contributed by atoms with E-state index in [1.54, 1.807) is 0 Å². The molecule has 0 amide bonds. The fraction of sp³-hybridized carbons (Fsp3) is 0.552. The highest BCUT2D eigenvalue weighted by Crippen LogP contribution is 2.38. The molecule has 0 N–H and O–H groups in total. The minimum Gasteiger partial charge on any atom is -0.423 e. The second-order valence-electron chi connectivity index (χ2n) is 9.58. The fourth-order valence-electron chi connectivity index (χ4n) is 4.83. The Morgan fingerprint density at radius 3 is 2.23 bits per heavy atom. The van der Waals surface area contributed by atoms with E-state index in [0.717, 1.165) is 18.3 Å². The lowest BCUT2D eigenvalue weighted by molar-refractivity contribution is 0.0734. The summed E-state index contributed by atoms with van der Waals surface area (Å²) in [5.41, 5.74) is 3.29. The molecule has 2 aromatic carbocycles. The Labute approximate surface area is 189 Å². The summed E-state index contributed by atoms with van der Waals surface area (Å²) in [6, 6.07) is 16.1. The maximum absolute atomic E-state index is 12.5. The molecule has 168 valence electrons. The van der Waals surface area contributed by atoms with Crippen molar-refractivity contribution in [3.63, 3.8) is 0 Å². The summed E-state index contributed by atoms with van der Waals surface area (Å²) in [4.78, 5) is 12.5. The molecular formula is C29H40O2. The number of rotatable bonds is 10. The third-order valence-electron chi connectivity index (χ3n) is 7.10. The van der Waals surface area contributed by atoms with Crippen LogP contribution in [-0.2, 0) is 6.42 Å². The van der Waals surface area contributed by atoms with Gasteiger partial charge in [0.05, 0.1) is 5.56 Å². The summed E-state index contributed by atoms with van der Waals surface area (Å²) in [5.74, 6) is 2.76. The Balaban J connectivity index is 1.48. The largest absolute Gasteiger partial charge is 0.423 e. The SMILES string of the molecule is CCCCCc1ccc(C(=O)Oc2ccc(C3CCC(CC(C)CC)CC3)cc2)cc1. The number of hydrogen-bond acceptors (Lipinski definition) is 2. The number of unbranched alkanes of at least 4 members (excludes halogenated alkanes) is 2. The molecule has 3 rings (SSSR count). The molecule has 1 fully saturated rings. The Morgan fingerprint density at radius 1 is 0.935 bits per heavy atom. The van der Waals surface area contributed by atoms with Crippen molar-refractivity contribution in [1.29, 1.82) is 0 Å². The summed E-state index contributed by atoms with van der Waals surface area (Å²) in [5, 5.41) is 0. The van der Waals surface area contributed by atoms with Crippen LogP contribution in [0, 0.1) is 11.8 Å². The molecule has 1 aliphatic carbocycles. The topological polar surface area (TPSA) is 26.3 Å². The van der Waals surface area contributed by atoms with Crippen LogP contribution in [-0.4, -0.2) is 5.97 Å². The summed E-state index contributed by atoms with van der Waals surface area (Å²) in [6.45, 7) is 6.90. The lowest BCUT2D eigenvalue weighted by Gasteiger charge is -2.30. The van der Waals surface area contributed by atoms with Gasteiger partial charge in [-0.3, -0.25) is 0 Å². The van der Waals surface area contributed by atoms with Gasteiger partial charge in [0.2, 0.25) is 0 Å². The second kappa shape index (κ2) is 12.1. The third kappa shape index (κ3) is 7.23. The van der Waals surface area contributed by atoms with Gasteiger partial charge in [-0.15, -0.1) is 0 Å². The summed E-state index contributed by atoms with van der Waals surface area (Å²) < 4.78 is 5.62. The summed E-state index contributed by atoms with van der Waals surface area (Å²) in [7, 11) is 0. The van der Waals surface area contributed by atoms with E-state index in [0.29, 0.717) is 17.2 Å². The molecular weight excluding hydrogens is 380 g/mol. The number of carbonyl (C=O) groups excluding carboxylic acids is 1. The third-order valence-corrected chi connectivity index (χ3v) is 7.10. The first-order valence-electron chi connectivity index (χ1n) is 12.5. The molecule has 2 heteroatoms. The van der Waals surface area contributed by atoms with Gasteiger partial charge in [-0.25, -0.2) is 4.79 Å². The molecule has 0 aromatic heterocycles. The van der Waals surface area contributed by atoms with Crippen LogP contribution in [0.5, 0.6) is 5.75 Å². The predicted octanol–water partition coefficient (Wildman–Crippen LogP) is 8.35. The monoisotopic (exact) mass is 420 g/mol. The van der Waals surface area contributed by atoms with Crippen LogP contribution >= 0.6 is 0 Å². The maximum Gasteiger partial charge on any atom is 0.343 e. The fourth-order valence-corrected chi connectivity index (χ4v) is 4.83. The standard InChI is InChI=1S/C29H40O2/c1-4-6-7-8-23-9-15-27(16-10-23)29(30)31-28-19-17-26(18-20-28)25-13-11-24(12-14-25)21-22(3)5-2/h9-10,15-20,22,24-25H,4-8,11-14,21H2,1-3H3. The van der Waals surface area contributed by atoms with Crippen molar-refractivity contribution in [2.75, 3.05) is 0 Å². The van der Waals surface area contributed by atoms with E-state index in [2.05, 4.69) is 32.9 Å². The van der Waals surface area contributed by atoms with Crippen molar-refractivity contribution in [3.05, 3.63) is 65.2 Å². The first-order chi connectivity index (χ1) is 15.1. The molecule has 0 spiro atoms. The number of benzene rings is 2. The number of ether oxygens (including phenoxy) is 1. The van der Waals surface area contributed by atoms with Crippen molar-refractivity contribution in [2.24, 2.45) is 11.8 Å². The normalized spacial score (nSPS) is 19.7. The van der Waals surface area contributed by atoms with Gasteiger partial charge in [0, 0.05) is 0 Å². The first kappa shape index (κ1) is 23.6. The van der Waals surface area contributed by atoms with Gasteiger partial charge < -0.3 is 4.74 Å². The Morgan fingerprint density at radius 2 is 1.61 bits per heavy atom. The molecule has 0 bridgehead atoms. The second-order valence-corrected chi connectivity index (χ2v) is 9.58. The molecule has 0 radical (unpaired) electrons. The van der Waals surface area contributed by atoms with Crippen molar-refractivity contribution in [1.82, 2.24) is 0 Å². The van der Waals surface area contributed by atoms with Crippen LogP contribution in [0.25, 0.3) is 0 Å². The molecule has 1 unspecified atom stereocenters. The lowest BCUT2D eigenvalue weighted by atomic mass is 9.75. The number of aryl methyl sites for hydroxylation is 1. The van der Waals surface area contributed by atoms with Crippen molar-refractivity contribution < 1.29 is 9.53 Å². The van der Waals surface area contributed by atoms with Crippen LogP contribution in [0.4, 0.5) is 0 Å². The average molecular weight is 421 g/mol. The van der Waals surface area contributed by atoms with E-state index in [4.69, 9.17) is 4.74 Å². The van der Waals surface area contributed by atoms with Crippen LogP contribution in [0.1, 0.15) is 106 Å². The summed E-state index contributed by atoms with van der Waals surface area (Å²) >= 11 is 0. The molecule has 2 nitrogen and oxygen atoms in total. The van der Waals surface area contributed by atoms with Crippen LogP contribution in [0.15, 0.2) is 48.5 Å². The Hall–Kier alpha value is -2.09. The van der Waals surface area contributed by atoms with Gasteiger partial charge in [0.15, 0.2) is 0 Å². The zero-order valence-electron chi connectivity index (χ0n) is 19.7. The van der Waals surface area contributed by atoms with E-state index in [1.165, 1.54) is 68.9 Å². The van der Waals surface area contributed by atoms with Crippen molar-refractivity contribution in [3.8, 4) is 5.75 Å².